The van der Waals surface area contributed by atoms with Gasteiger partial charge in [-0.1, -0.05) is 12.1 Å². The molecule has 1 aliphatic rings. The second-order valence-electron chi connectivity index (χ2n) is 7.56. The highest BCUT2D eigenvalue weighted by molar-refractivity contribution is 5.76. The molecular formula is C23H26FNO10. The van der Waals surface area contributed by atoms with Gasteiger partial charge in [-0.2, -0.15) is 5.26 Å². The molecule has 0 N–H and O–H groups in total. The second kappa shape index (κ2) is 12.7. The summed E-state index contributed by atoms with van der Waals surface area (Å²) in [5.41, 5.74) is -0.0125. The number of halogens is 1. The molecule has 0 amide bonds. The first-order valence-corrected chi connectivity index (χ1v) is 10.6. The molecular weight excluding hydrogens is 469 g/mol. The molecule has 1 aromatic rings. The van der Waals surface area contributed by atoms with Crippen molar-refractivity contribution < 1.29 is 52.0 Å². The van der Waals surface area contributed by atoms with Gasteiger partial charge in [0.05, 0.1) is 18.6 Å². The van der Waals surface area contributed by atoms with E-state index in [1.165, 1.54) is 31.2 Å². The highest BCUT2D eigenvalue weighted by Gasteiger charge is 2.51. The van der Waals surface area contributed by atoms with Crippen molar-refractivity contribution >= 4 is 23.9 Å². The van der Waals surface area contributed by atoms with Crippen molar-refractivity contribution in [3.05, 3.63) is 29.8 Å². The average Bonchev–Trinajstić information content (AvgIpc) is 2.78. The Morgan fingerprint density at radius 2 is 1.51 bits per heavy atom. The van der Waals surface area contributed by atoms with Crippen LogP contribution < -0.4 is 4.74 Å². The molecule has 0 radical (unpaired) electrons. The third kappa shape index (κ3) is 7.92. The first-order valence-electron chi connectivity index (χ1n) is 10.6. The fraction of sp³-hybridized carbons (Fsp3) is 0.522. The molecule has 1 fully saturated rings. The SMILES string of the molecule is CC(=O)O[C@H]1[C@H](OC(C)=O)[C@H](Oc2ccc(C(F)C(=O)OCCC#N)cc2)O[C@@H](C)[C@H]1OC(C)=O. The van der Waals surface area contributed by atoms with E-state index in [4.69, 9.17) is 28.9 Å². The van der Waals surface area contributed by atoms with Crippen molar-refractivity contribution in [1.29, 1.82) is 5.26 Å². The first kappa shape index (κ1) is 27.5. The monoisotopic (exact) mass is 495 g/mol. The van der Waals surface area contributed by atoms with Crippen LogP contribution in [-0.4, -0.2) is 61.2 Å². The van der Waals surface area contributed by atoms with Gasteiger partial charge in [-0.05, 0) is 24.6 Å². The first-order chi connectivity index (χ1) is 16.5. The van der Waals surface area contributed by atoms with Gasteiger partial charge < -0.3 is 28.4 Å². The number of hydrogen-bond acceptors (Lipinski definition) is 11. The van der Waals surface area contributed by atoms with Crippen LogP contribution in [-0.2, 0) is 42.9 Å². The third-order valence-corrected chi connectivity index (χ3v) is 4.72. The van der Waals surface area contributed by atoms with Gasteiger partial charge in [-0.3, -0.25) is 14.4 Å². The van der Waals surface area contributed by atoms with Gasteiger partial charge in [0.1, 0.15) is 12.4 Å². The van der Waals surface area contributed by atoms with Crippen LogP contribution in [0.5, 0.6) is 5.75 Å². The van der Waals surface area contributed by atoms with Crippen LogP contribution >= 0.6 is 0 Å². The van der Waals surface area contributed by atoms with E-state index < -0.39 is 60.8 Å². The van der Waals surface area contributed by atoms with Crippen LogP contribution in [0.25, 0.3) is 0 Å². The summed E-state index contributed by atoms with van der Waals surface area (Å²) in [6.45, 7) is 4.78. The summed E-state index contributed by atoms with van der Waals surface area (Å²) in [6, 6.07) is 7.04. The second-order valence-corrected chi connectivity index (χ2v) is 7.56. The third-order valence-electron chi connectivity index (χ3n) is 4.72. The largest absolute Gasteiger partial charge is 0.462 e. The molecule has 0 aliphatic carbocycles. The molecule has 1 aliphatic heterocycles. The molecule has 0 saturated carbocycles. The standard InChI is InChI=1S/C23H26FNO10/c1-12-19(32-13(2)26)20(33-14(3)27)21(34-15(4)28)23(31-12)35-17-8-6-16(7-9-17)18(24)22(29)30-11-5-10-25/h6-9,12,18-21,23H,5,11H2,1-4H3/t12-,18?,19+,20+,21-,23-/m0/s1. The van der Waals surface area contributed by atoms with Crippen LogP contribution in [0.3, 0.4) is 0 Å². The number of esters is 4. The number of nitrogens with zero attached hydrogens (tertiary/aromatic N) is 1. The average molecular weight is 495 g/mol. The fourth-order valence-electron chi connectivity index (χ4n) is 3.32. The van der Waals surface area contributed by atoms with E-state index >= 15 is 0 Å². The Balaban J connectivity index is 2.22. The predicted octanol–water partition coefficient (Wildman–Crippen LogP) is 2.07. The van der Waals surface area contributed by atoms with Crippen molar-refractivity contribution in [3.8, 4) is 11.8 Å². The van der Waals surface area contributed by atoms with Gasteiger partial charge in [-0.25, -0.2) is 9.18 Å². The Morgan fingerprint density at radius 1 is 0.971 bits per heavy atom. The molecule has 0 aromatic heterocycles. The molecule has 35 heavy (non-hydrogen) atoms. The highest BCUT2D eigenvalue weighted by Crippen LogP contribution is 2.31. The lowest BCUT2D eigenvalue weighted by Crippen LogP contribution is -2.62. The van der Waals surface area contributed by atoms with E-state index in [1.54, 1.807) is 13.0 Å². The number of carbonyl (C=O) groups excluding carboxylic acids is 4. The van der Waals surface area contributed by atoms with Crippen molar-refractivity contribution in [2.24, 2.45) is 0 Å². The lowest BCUT2D eigenvalue weighted by atomic mass is 9.99. The van der Waals surface area contributed by atoms with Gasteiger partial charge in [0.25, 0.3) is 0 Å². The van der Waals surface area contributed by atoms with E-state index in [-0.39, 0.29) is 24.3 Å². The minimum Gasteiger partial charge on any atom is -0.462 e. The Hall–Kier alpha value is -3.72. The Bertz CT molecular complexity index is 960. The molecule has 1 aromatic carbocycles. The van der Waals surface area contributed by atoms with Gasteiger partial charge in [0.2, 0.25) is 18.6 Å². The zero-order chi connectivity index (χ0) is 26.1. The molecule has 1 unspecified atom stereocenters. The van der Waals surface area contributed by atoms with Gasteiger partial charge in [0, 0.05) is 20.8 Å². The fourth-order valence-corrected chi connectivity index (χ4v) is 3.32. The summed E-state index contributed by atoms with van der Waals surface area (Å²) >= 11 is 0. The normalized spacial score (nSPS) is 24.3. The number of nitriles is 1. The maximum Gasteiger partial charge on any atom is 0.345 e. The number of carbonyl (C=O) groups is 4. The minimum absolute atomic E-state index is 0.0125. The van der Waals surface area contributed by atoms with Gasteiger partial charge in [-0.15, -0.1) is 0 Å². The molecule has 1 heterocycles. The van der Waals surface area contributed by atoms with Gasteiger partial charge >= 0.3 is 23.9 Å². The van der Waals surface area contributed by atoms with Crippen LogP contribution in [0.4, 0.5) is 4.39 Å². The molecule has 2 rings (SSSR count). The summed E-state index contributed by atoms with van der Waals surface area (Å²) in [4.78, 5) is 46.8. The topological polar surface area (TPSA) is 147 Å². The van der Waals surface area contributed by atoms with Crippen molar-refractivity contribution in [1.82, 2.24) is 0 Å². The molecule has 0 spiro atoms. The Kier molecular flexibility index (Phi) is 9.96. The van der Waals surface area contributed by atoms with Gasteiger partial charge in [0.15, 0.2) is 12.2 Å². The number of alkyl halides is 1. The number of benzene rings is 1. The lowest BCUT2D eigenvalue weighted by molar-refractivity contribution is -0.280. The van der Waals surface area contributed by atoms with E-state index in [1.807, 2.05) is 0 Å². The summed E-state index contributed by atoms with van der Waals surface area (Å²) < 4.78 is 46.4. The summed E-state index contributed by atoms with van der Waals surface area (Å²) in [5, 5.41) is 8.46. The molecule has 11 nitrogen and oxygen atoms in total. The lowest BCUT2D eigenvalue weighted by Gasteiger charge is -2.43. The summed E-state index contributed by atoms with van der Waals surface area (Å²) in [6.07, 6.45) is -7.85. The molecule has 12 heteroatoms. The molecule has 1 saturated heterocycles. The van der Waals surface area contributed by atoms with E-state index in [2.05, 4.69) is 4.74 Å². The maximum absolute atomic E-state index is 14.4. The van der Waals surface area contributed by atoms with Crippen LogP contribution in [0, 0.1) is 11.3 Å². The van der Waals surface area contributed by atoms with Crippen LogP contribution in [0.15, 0.2) is 24.3 Å². The van der Waals surface area contributed by atoms with Crippen molar-refractivity contribution in [2.75, 3.05) is 6.61 Å². The molecule has 6 atom stereocenters. The van der Waals surface area contributed by atoms with E-state index in [0.717, 1.165) is 13.8 Å². The number of hydrogen-bond donors (Lipinski definition) is 0. The van der Waals surface area contributed by atoms with E-state index in [9.17, 15) is 23.6 Å². The van der Waals surface area contributed by atoms with E-state index in [0.29, 0.717) is 0 Å². The summed E-state index contributed by atoms with van der Waals surface area (Å²) in [7, 11) is 0. The smallest absolute Gasteiger partial charge is 0.345 e. The highest BCUT2D eigenvalue weighted by atomic mass is 19.1. The van der Waals surface area contributed by atoms with Crippen LogP contribution in [0.1, 0.15) is 45.9 Å². The maximum atomic E-state index is 14.4. The van der Waals surface area contributed by atoms with Crippen molar-refractivity contribution in [2.45, 2.75) is 71.0 Å². The van der Waals surface area contributed by atoms with Crippen molar-refractivity contribution in [3.63, 3.8) is 0 Å². The predicted molar refractivity (Wildman–Crippen MR) is 113 cm³/mol. The minimum atomic E-state index is -2.07. The zero-order valence-electron chi connectivity index (χ0n) is 19.6. The molecule has 0 bridgehead atoms. The van der Waals surface area contributed by atoms with Crippen LogP contribution in [0.2, 0.25) is 0 Å². The Labute approximate surface area is 201 Å². The Morgan fingerprint density at radius 3 is 2.06 bits per heavy atom. The number of rotatable bonds is 9. The zero-order valence-corrected chi connectivity index (χ0v) is 19.6. The number of ether oxygens (including phenoxy) is 6. The quantitative estimate of drug-likeness (QED) is 0.282. The molecule has 190 valence electrons. The summed E-state index contributed by atoms with van der Waals surface area (Å²) in [5.74, 6) is -3.08.